The van der Waals surface area contributed by atoms with Crippen LogP contribution >= 0.6 is 0 Å². The maximum atomic E-state index is 4.18. The quantitative estimate of drug-likeness (QED) is 0.886. The number of rotatable bonds is 3. The van der Waals surface area contributed by atoms with E-state index >= 15 is 0 Å². The van der Waals surface area contributed by atoms with E-state index in [1.807, 2.05) is 6.07 Å². The minimum absolute atomic E-state index is 0.611. The van der Waals surface area contributed by atoms with Crippen LogP contribution in [0.2, 0.25) is 0 Å². The van der Waals surface area contributed by atoms with Crippen molar-refractivity contribution in [2.75, 3.05) is 13.1 Å². The Morgan fingerprint density at radius 2 is 2.22 bits per heavy atom. The summed E-state index contributed by atoms with van der Waals surface area (Å²) in [5.74, 6) is 0. The normalized spacial score (nSPS) is 26.6. The zero-order valence-electron chi connectivity index (χ0n) is 11.5. The zero-order valence-corrected chi connectivity index (χ0v) is 11.5. The molecule has 1 aliphatic heterocycles. The van der Waals surface area contributed by atoms with Gasteiger partial charge in [-0.1, -0.05) is 6.92 Å². The summed E-state index contributed by atoms with van der Waals surface area (Å²) < 4.78 is 0. The smallest absolute Gasteiger partial charge is 0.0771 e. The minimum Gasteiger partial charge on any atom is -0.311 e. The Hall–Kier alpha value is -1.00. The third-order valence-corrected chi connectivity index (χ3v) is 3.70. The lowest BCUT2D eigenvalue weighted by molar-refractivity contribution is 0.204. The first-order valence-corrected chi connectivity index (χ1v) is 7.03. The van der Waals surface area contributed by atoms with Gasteiger partial charge >= 0.3 is 0 Å². The highest BCUT2D eigenvalue weighted by molar-refractivity contribution is 4.99. The summed E-state index contributed by atoms with van der Waals surface area (Å²) in [5.41, 5.74) is 1.08. The van der Waals surface area contributed by atoms with Crippen LogP contribution in [0.15, 0.2) is 18.3 Å². The van der Waals surface area contributed by atoms with Crippen molar-refractivity contribution in [3.05, 3.63) is 24.0 Å². The predicted molar refractivity (Wildman–Crippen MR) is 73.2 cm³/mol. The van der Waals surface area contributed by atoms with E-state index in [9.17, 15) is 0 Å². The first-order valence-electron chi connectivity index (χ1n) is 7.03. The van der Waals surface area contributed by atoms with E-state index in [-0.39, 0.29) is 0 Å². The Morgan fingerprint density at radius 1 is 1.39 bits per heavy atom. The molecule has 4 nitrogen and oxygen atoms in total. The topological polar surface area (TPSA) is 41.1 Å². The van der Waals surface area contributed by atoms with Crippen LogP contribution in [0.3, 0.4) is 0 Å². The first-order chi connectivity index (χ1) is 8.78. The van der Waals surface area contributed by atoms with E-state index in [1.165, 1.54) is 19.3 Å². The van der Waals surface area contributed by atoms with Crippen molar-refractivity contribution in [1.29, 1.82) is 0 Å². The van der Waals surface area contributed by atoms with Crippen LogP contribution in [0.4, 0.5) is 0 Å². The molecule has 0 radical (unpaired) electrons. The largest absolute Gasteiger partial charge is 0.311 e. The van der Waals surface area contributed by atoms with Gasteiger partial charge in [0.15, 0.2) is 0 Å². The van der Waals surface area contributed by atoms with E-state index in [2.05, 4.69) is 40.3 Å². The molecule has 2 unspecified atom stereocenters. The number of aromatic nitrogens is 2. The Labute approximate surface area is 110 Å². The van der Waals surface area contributed by atoms with Crippen molar-refractivity contribution in [3.63, 3.8) is 0 Å². The summed E-state index contributed by atoms with van der Waals surface area (Å²) in [6.07, 6.45) is 5.37. The Balaban J connectivity index is 1.91. The molecule has 0 spiro atoms. The molecule has 2 heterocycles. The number of hydrogen-bond donors (Lipinski definition) is 1. The van der Waals surface area contributed by atoms with Crippen LogP contribution < -0.4 is 5.32 Å². The highest BCUT2D eigenvalue weighted by atomic mass is 15.2. The molecule has 0 bridgehead atoms. The van der Waals surface area contributed by atoms with Crippen LogP contribution in [0.5, 0.6) is 0 Å². The van der Waals surface area contributed by atoms with Gasteiger partial charge in [-0.05, 0) is 38.3 Å². The van der Waals surface area contributed by atoms with Gasteiger partial charge in [-0.2, -0.15) is 10.2 Å². The average molecular weight is 248 g/mol. The summed E-state index contributed by atoms with van der Waals surface area (Å²) in [6.45, 7) is 7.76. The molecule has 0 aliphatic carbocycles. The van der Waals surface area contributed by atoms with Crippen LogP contribution in [-0.2, 0) is 6.54 Å². The summed E-state index contributed by atoms with van der Waals surface area (Å²) >= 11 is 0. The summed E-state index contributed by atoms with van der Waals surface area (Å²) in [6, 6.07) is 5.29. The molecule has 4 heteroatoms. The maximum absolute atomic E-state index is 4.18. The molecule has 1 aromatic heterocycles. The lowest BCUT2D eigenvalue weighted by Gasteiger charge is -2.31. The second kappa shape index (κ2) is 6.81. The average Bonchev–Trinajstić information content (AvgIpc) is 2.39. The molecule has 18 heavy (non-hydrogen) atoms. The van der Waals surface area contributed by atoms with Gasteiger partial charge in [-0.15, -0.1) is 0 Å². The van der Waals surface area contributed by atoms with Gasteiger partial charge in [-0.3, -0.25) is 4.90 Å². The second-order valence-electron chi connectivity index (χ2n) is 5.24. The Kier molecular flexibility index (Phi) is 5.08. The van der Waals surface area contributed by atoms with Gasteiger partial charge in [0.25, 0.3) is 0 Å². The lowest BCUT2D eigenvalue weighted by atomic mass is 10.1. The fraction of sp³-hybridized carbons (Fsp3) is 0.714. The van der Waals surface area contributed by atoms with Crippen molar-refractivity contribution in [2.45, 2.75) is 51.7 Å². The zero-order chi connectivity index (χ0) is 12.8. The van der Waals surface area contributed by atoms with Crippen LogP contribution in [0.25, 0.3) is 0 Å². The first kappa shape index (κ1) is 13.4. The monoisotopic (exact) mass is 248 g/mol. The summed E-state index contributed by atoms with van der Waals surface area (Å²) in [5, 5.41) is 11.8. The molecule has 2 atom stereocenters. The fourth-order valence-corrected chi connectivity index (χ4v) is 2.52. The highest BCUT2D eigenvalue weighted by Gasteiger charge is 2.17. The van der Waals surface area contributed by atoms with Crippen molar-refractivity contribution in [3.8, 4) is 0 Å². The highest BCUT2D eigenvalue weighted by Crippen LogP contribution is 2.11. The molecule has 0 aromatic carbocycles. The molecular formula is C14H24N4. The Bertz CT molecular complexity index is 341. The van der Waals surface area contributed by atoms with Crippen LogP contribution in [-0.4, -0.2) is 40.3 Å². The van der Waals surface area contributed by atoms with Crippen molar-refractivity contribution in [1.82, 2.24) is 20.4 Å². The molecule has 1 fully saturated rings. The summed E-state index contributed by atoms with van der Waals surface area (Å²) in [4.78, 5) is 2.50. The predicted octanol–water partition coefficient (Wildman–Crippen LogP) is 1.83. The maximum Gasteiger partial charge on any atom is 0.0771 e. The SMILES string of the molecule is CCC1CCN(Cc2cccnn2)CCC(C)N1. The third-order valence-electron chi connectivity index (χ3n) is 3.70. The van der Waals surface area contributed by atoms with E-state index in [1.54, 1.807) is 6.20 Å². The molecule has 0 amide bonds. The van der Waals surface area contributed by atoms with E-state index in [4.69, 9.17) is 0 Å². The summed E-state index contributed by atoms with van der Waals surface area (Å²) in [7, 11) is 0. The molecule has 1 aliphatic rings. The molecule has 1 aromatic rings. The van der Waals surface area contributed by atoms with E-state index in [0.29, 0.717) is 12.1 Å². The van der Waals surface area contributed by atoms with Gasteiger partial charge in [0.2, 0.25) is 0 Å². The van der Waals surface area contributed by atoms with Crippen LogP contribution in [0.1, 0.15) is 38.8 Å². The molecular weight excluding hydrogens is 224 g/mol. The van der Waals surface area contributed by atoms with Crippen molar-refractivity contribution < 1.29 is 0 Å². The van der Waals surface area contributed by atoms with Gasteiger partial charge in [-0.25, -0.2) is 0 Å². The molecule has 0 saturated carbocycles. The lowest BCUT2D eigenvalue weighted by Crippen LogP contribution is -2.43. The van der Waals surface area contributed by atoms with Gasteiger partial charge in [0.05, 0.1) is 5.69 Å². The van der Waals surface area contributed by atoms with Gasteiger partial charge in [0, 0.05) is 37.9 Å². The van der Waals surface area contributed by atoms with Crippen LogP contribution in [0, 0.1) is 0 Å². The third kappa shape index (κ3) is 4.03. The molecule has 100 valence electrons. The van der Waals surface area contributed by atoms with Gasteiger partial charge in [0.1, 0.15) is 0 Å². The number of hydrogen-bond acceptors (Lipinski definition) is 4. The van der Waals surface area contributed by atoms with Gasteiger partial charge < -0.3 is 5.32 Å². The fourth-order valence-electron chi connectivity index (χ4n) is 2.52. The van der Waals surface area contributed by atoms with Crippen molar-refractivity contribution in [2.24, 2.45) is 0 Å². The van der Waals surface area contributed by atoms with E-state index < -0.39 is 0 Å². The molecule has 2 rings (SSSR count). The second-order valence-corrected chi connectivity index (χ2v) is 5.24. The molecule has 1 N–H and O–H groups in total. The minimum atomic E-state index is 0.611. The number of nitrogens with zero attached hydrogens (tertiary/aromatic N) is 3. The number of nitrogens with one attached hydrogen (secondary N) is 1. The Morgan fingerprint density at radius 3 is 2.94 bits per heavy atom. The standard InChI is InChI=1S/C14H24N4/c1-3-13-7-10-18(9-6-12(2)16-13)11-14-5-4-8-15-17-14/h4-5,8,12-13,16H,3,6-7,9-11H2,1-2H3. The molecule has 1 saturated heterocycles. The van der Waals surface area contributed by atoms with E-state index in [0.717, 1.165) is 25.3 Å². The van der Waals surface area contributed by atoms with Crippen molar-refractivity contribution >= 4 is 0 Å².